The van der Waals surface area contributed by atoms with Gasteiger partial charge < -0.3 is 14.6 Å². The molecule has 0 unspecified atom stereocenters. The van der Waals surface area contributed by atoms with Gasteiger partial charge in [0.05, 0.1) is 12.4 Å². The van der Waals surface area contributed by atoms with Crippen molar-refractivity contribution in [2.24, 2.45) is 28.6 Å². The second-order valence-electron chi connectivity index (χ2n) is 10.3. The van der Waals surface area contributed by atoms with Crippen LogP contribution < -0.4 is 0 Å². The van der Waals surface area contributed by atoms with Gasteiger partial charge >= 0.3 is 5.97 Å². The summed E-state index contributed by atoms with van der Waals surface area (Å²) in [7, 11) is 0. The van der Waals surface area contributed by atoms with Gasteiger partial charge in [-0.2, -0.15) is 0 Å². The van der Waals surface area contributed by atoms with Crippen molar-refractivity contribution in [3.8, 4) is 0 Å². The van der Waals surface area contributed by atoms with Crippen LogP contribution in [0.3, 0.4) is 0 Å². The molecule has 4 aliphatic rings. The van der Waals surface area contributed by atoms with E-state index in [0.717, 1.165) is 25.0 Å². The molecule has 4 rings (SSSR count). The van der Waals surface area contributed by atoms with Crippen molar-refractivity contribution in [3.05, 3.63) is 23.5 Å². The molecule has 0 saturated heterocycles. The van der Waals surface area contributed by atoms with E-state index in [4.69, 9.17) is 9.47 Å². The lowest BCUT2D eigenvalue weighted by molar-refractivity contribution is -0.172. The molecule has 4 aliphatic carbocycles. The quantitative estimate of drug-likeness (QED) is 0.671. The molecule has 170 valence electrons. The van der Waals surface area contributed by atoms with Crippen molar-refractivity contribution in [1.82, 2.24) is 0 Å². The molecule has 0 amide bonds. The van der Waals surface area contributed by atoms with Crippen LogP contribution in [0.5, 0.6) is 0 Å². The Morgan fingerprint density at radius 3 is 2.68 bits per heavy atom. The number of aliphatic hydroxyl groups is 1. The lowest BCUT2D eigenvalue weighted by Gasteiger charge is -2.56. The van der Waals surface area contributed by atoms with E-state index in [1.165, 1.54) is 12.5 Å². The molecule has 0 aliphatic heterocycles. The molecule has 0 aromatic carbocycles. The van der Waals surface area contributed by atoms with Gasteiger partial charge in [-0.25, -0.2) is 0 Å². The van der Waals surface area contributed by atoms with Crippen molar-refractivity contribution in [1.29, 1.82) is 0 Å². The molecule has 6 nitrogen and oxygen atoms in total. The molecule has 6 heteroatoms. The van der Waals surface area contributed by atoms with Gasteiger partial charge in [0.2, 0.25) is 5.78 Å². The minimum absolute atomic E-state index is 0.0772. The summed E-state index contributed by atoms with van der Waals surface area (Å²) >= 11 is 0. The topological polar surface area (TPSA) is 89.9 Å². The maximum atomic E-state index is 13.6. The number of Topliss-reactive ketones (excluding diaryl/α,β-unsaturated/α-hetero) is 2. The van der Waals surface area contributed by atoms with Crippen LogP contribution in [0.4, 0.5) is 0 Å². The van der Waals surface area contributed by atoms with Crippen LogP contribution in [0, 0.1) is 28.6 Å². The van der Waals surface area contributed by atoms with Crippen LogP contribution in [0.2, 0.25) is 0 Å². The molecule has 0 aromatic rings. The van der Waals surface area contributed by atoms with Crippen molar-refractivity contribution in [2.45, 2.75) is 71.8 Å². The average molecular weight is 431 g/mol. The monoisotopic (exact) mass is 430 g/mol. The smallest absolute Gasteiger partial charge is 0.303 e. The number of esters is 1. The largest absolute Gasteiger partial charge is 0.498 e. The van der Waals surface area contributed by atoms with Gasteiger partial charge in [-0.3, -0.25) is 14.4 Å². The predicted octanol–water partition coefficient (Wildman–Crippen LogP) is 3.52. The Morgan fingerprint density at radius 2 is 2.00 bits per heavy atom. The lowest BCUT2D eigenvalue weighted by atomic mass is 9.47. The molecule has 0 bridgehead atoms. The Balaban J connectivity index is 1.65. The van der Waals surface area contributed by atoms with Crippen LogP contribution in [0.25, 0.3) is 0 Å². The fourth-order valence-electron chi connectivity index (χ4n) is 7.18. The van der Waals surface area contributed by atoms with Crippen molar-refractivity contribution in [3.63, 3.8) is 0 Å². The van der Waals surface area contributed by atoms with Gasteiger partial charge in [0.25, 0.3) is 0 Å². The Morgan fingerprint density at radius 1 is 1.26 bits per heavy atom. The predicted molar refractivity (Wildman–Crippen MR) is 114 cm³/mol. The van der Waals surface area contributed by atoms with Gasteiger partial charge in [-0.05, 0) is 56.1 Å². The van der Waals surface area contributed by atoms with Gasteiger partial charge in [-0.15, -0.1) is 0 Å². The zero-order valence-electron chi connectivity index (χ0n) is 19.0. The average Bonchev–Trinajstić information content (AvgIpc) is 2.98. The summed E-state index contributed by atoms with van der Waals surface area (Å²) in [6.07, 6.45) is 8.03. The van der Waals surface area contributed by atoms with Crippen LogP contribution >= 0.6 is 0 Å². The second-order valence-corrected chi connectivity index (χ2v) is 10.3. The van der Waals surface area contributed by atoms with E-state index >= 15 is 0 Å². The third kappa shape index (κ3) is 3.21. The Labute approximate surface area is 184 Å². The van der Waals surface area contributed by atoms with Crippen molar-refractivity contribution in [2.75, 3.05) is 13.2 Å². The lowest BCUT2D eigenvalue weighted by Crippen LogP contribution is -2.60. The molecular weight excluding hydrogens is 396 g/mol. The number of carbonyl (C=O) groups excluding carboxylic acids is 3. The summed E-state index contributed by atoms with van der Waals surface area (Å²) in [6.45, 7) is 7.51. The number of fused-ring (bicyclic) bond motifs is 5. The fraction of sp³-hybridized carbons (Fsp3) is 0.720. The maximum absolute atomic E-state index is 13.6. The van der Waals surface area contributed by atoms with Gasteiger partial charge in [0.1, 0.15) is 11.4 Å². The highest BCUT2D eigenvalue weighted by atomic mass is 16.5. The zero-order valence-corrected chi connectivity index (χ0v) is 19.0. The first-order chi connectivity index (χ1) is 14.6. The Hall–Kier alpha value is -1.95. The summed E-state index contributed by atoms with van der Waals surface area (Å²) in [6, 6.07) is 0. The van der Waals surface area contributed by atoms with E-state index in [1.54, 1.807) is 0 Å². The first-order valence-corrected chi connectivity index (χ1v) is 11.5. The molecule has 1 N–H and O–H groups in total. The van der Waals surface area contributed by atoms with Crippen LogP contribution in [-0.4, -0.2) is 41.5 Å². The molecule has 6 atom stereocenters. The van der Waals surface area contributed by atoms with Crippen LogP contribution in [0.1, 0.15) is 66.2 Å². The first kappa shape index (κ1) is 22.3. The fourth-order valence-corrected chi connectivity index (χ4v) is 7.18. The minimum Gasteiger partial charge on any atom is -0.498 e. The van der Waals surface area contributed by atoms with Gasteiger partial charge in [0.15, 0.2) is 6.61 Å². The maximum Gasteiger partial charge on any atom is 0.303 e. The third-order valence-electron chi connectivity index (χ3n) is 8.77. The first-order valence-electron chi connectivity index (χ1n) is 11.5. The third-order valence-corrected chi connectivity index (χ3v) is 8.77. The number of rotatable bonds is 5. The summed E-state index contributed by atoms with van der Waals surface area (Å²) in [5.74, 6) is 0.182. The number of hydrogen-bond donors (Lipinski definition) is 1. The van der Waals surface area contributed by atoms with E-state index < -0.39 is 29.4 Å². The molecule has 0 heterocycles. The summed E-state index contributed by atoms with van der Waals surface area (Å²) in [5, 5.41) is 11.5. The van der Waals surface area contributed by atoms with E-state index in [9.17, 15) is 19.5 Å². The zero-order chi connectivity index (χ0) is 22.6. The summed E-state index contributed by atoms with van der Waals surface area (Å²) < 4.78 is 10.6. The van der Waals surface area contributed by atoms with E-state index in [1.807, 2.05) is 13.8 Å². The standard InChI is InChI=1S/C25H34O6/c1-5-30-17-8-10-23(3)16(12-17)6-7-18-19-9-11-25(29,21(28)14-31-15(2)26)24(19,4)13-20(27)22(18)23/h6,12,18-19,22,29H,5,7-11,13-14H2,1-4H3/t18-,19-,22+,23-,24-,25-/m0/s1. The number of hydrogen-bond acceptors (Lipinski definition) is 6. The van der Waals surface area contributed by atoms with E-state index in [-0.39, 0.29) is 35.4 Å². The van der Waals surface area contributed by atoms with Gasteiger partial charge in [0, 0.05) is 36.5 Å². The van der Waals surface area contributed by atoms with Crippen LogP contribution in [0.15, 0.2) is 23.5 Å². The number of ether oxygens (including phenoxy) is 2. The molecule has 31 heavy (non-hydrogen) atoms. The molecular formula is C25H34O6. The Kier molecular flexibility index (Phi) is 5.44. The molecule has 2 saturated carbocycles. The Bertz CT molecular complexity index is 871. The molecule has 0 radical (unpaired) electrons. The van der Waals surface area contributed by atoms with E-state index in [0.29, 0.717) is 19.4 Å². The molecule has 0 aromatic heterocycles. The van der Waals surface area contributed by atoms with Crippen LogP contribution in [-0.2, 0) is 23.9 Å². The highest BCUT2D eigenvalue weighted by molar-refractivity contribution is 5.93. The van der Waals surface area contributed by atoms with Gasteiger partial charge in [-0.1, -0.05) is 19.9 Å². The highest BCUT2D eigenvalue weighted by Gasteiger charge is 2.68. The number of allylic oxidation sites excluding steroid dienone is 4. The molecule has 2 fully saturated rings. The number of carbonyl (C=O) groups is 3. The number of ketones is 2. The second kappa shape index (κ2) is 7.58. The van der Waals surface area contributed by atoms with E-state index in [2.05, 4.69) is 19.1 Å². The summed E-state index contributed by atoms with van der Waals surface area (Å²) in [5.41, 5.74) is -1.50. The van der Waals surface area contributed by atoms with Crippen molar-refractivity contribution < 1.29 is 29.0 Å². The summed E-state index contributed by atoms with van der Waals surface area (Å²) in [4.78, 5) is 37.7. The van der Waals surface area contributed by atoms with Crippen molar-refractivity contribution >= 4 is 17.5 Å². The SMILES string of the molecule is CCOC1=CC2=CC[C@@H]3[C@H](C(=O)C[C@@]4(C)[C@H]3CC[C@]4(O)C(=O)COC(C)=O)[C@@]2(C)CC1. The molecule has 0 spiro atoms. The minimum atomic E-state index is -1.63. The normalized spacial score (nSPS) is 41.3. The highest BCUT2D eigenvalue weighted by Crippen LogP contribution is 2.66.